The molecule has 102 valence electrons. The quantitative estimate of drug-likeness (QED) is 0.585. The zero-order valence-corrected chi connectivity index (χ0v) is 11.8. The lowest BCUT2D eigenvalue weighted by Gasteiger charge is -2.02. The smallest absolute Gasteiger partial charge is 0.205 e. The van der Waals surface area contributed by atoms with Crippen LogP contribution in [-0.2, 0) is 5.75 Å². The van der Waals surface area contributed by atoms with Crippen LogP contribution in [0.2, 0.25) is 0 Å². The molecule has 20 heavy (non-hydrogen) atoms. The van der Waals surface area contributed by atoms with Gasteiger partial charge in [-0.25, -0.2) is 4.98 Å². The topological polar surface area (TPSA) is 61.3 Å². The number of nitrogen functional groups attached to an aromatic ring is 1. The van der Waals surface area contributed by atoms with Crippen molar-refractivity contribution < 1.29 is 9.15 Å². The Morgan fingerprint density at radius 1 is 1.25 bits per heavy atom. The van der Waals surface area contributed by atoms with Gasteiger partial charge in [0.2, 0.25) is 5.89 Å². The molecule has 5 heteroatoms. The molecule has 0 spiro atoms. The zero-order valence-electron chi connectivity index (χ0n) is 11.0. The Kier molecular flexibility index (Phi) is 3.52. The lowest BCUT2D eigenvalue weighted by atomic mass is 10.3. The summed E-state index contributed by atoms with van der Waals surface area (Å²) in [7, 11) is 1.66. The molecule has 0 saturated carbocycles. The van der Waals surface area contributed by atoms with Crippen LogP contribution in [-0.4, -0.2) is 12.1 Å². The second-order valence-electron chi connectivity index (χ2n) is 4.30. The Bertz CT molecular complexity index is 740. The summed E-state index contributed by atoms with van der Waals surface area (Å²) < 4.78 is 10.9. The van der Waals surface area contributed by atoms with Gasteiger partial charge in [-0.05, 0) is 36.4 Å². The first kappa shape index (κ1) is 12.9. The van der Waals surface area contributed by atoms with Gasteiger partial charge in [0.15, 0.2) is 5.58 Å². The number of ether oxygens (including phenoxy) is 1. The van der Waals surface area contributed by atoms with Crippen molar-refractivity contribution in [3.05, 3.63) is 48.4 Å². The minimum absolute atomic E-state index is 0.668. The summed E-state index contributed by atoms with van der Waals surface area (Å²) in [5, 5.41) is 0. The van der Waals surface area contributed by atoms with Gasteiger partial charge in [0.05, 0.1) is 12.9 Å². The average Bonchev–Trinajstić information content (AvgIpc) is 2.87. The molecule has 0 aliphatic carbocycles. The number of oxazole rings is 1. The molecule has 2 aromatic carbocycles. The third-order valence-corrected chi connectivity index (χ3v) is 3.84. The summed E-state index contributed by atoms with van der Waals surface area (Å²) in [6.45, 7) is 0. The van der Waals surface area contributed by atoms with Crippen molar-refractivity contribution in [1.82, 2.24) is 4.98 Å². The number of hydrogen-bond acceptors (Lipinski definition) is 5. The molecule has 0 amide bonds. The molecule has 0 radical (unpaired) electrons. The molecule has 3 aromatic rings. The van der Waals surface area contributed by atoms with E-state index in [4.69, 9.17) is 14.9 Å². The van der Waals surface area contributed by atoms with Gasteiger partial charge >= 0.3 is 0 Å². The van der Waals surface area contributed by atoms with Crippen LogP contribution < -0.4 is 10.5 Å². The number of fused-ring (bicyclic) bond motifs is 1. The fourth-order valence-electron chi connectivity index (χ4n) is 1.89. The molecule has 1 aromatic heterocycles. The highest BCUT2D eigenvalue weighted by Crippen LogP contribution is 2.27. The number of rotatable bonds is 4. The second kappa shape index (κ2) is 5.46. The van der Waals surface area contributed by atoms with E-state index in [0.29, 0.717) is 17.3 Å². The van der Waals surface area contributed by atoms with Gasteiger partial charge in [0.25, 0.3) is 0 Å². The van der Waals surface area contributed by atoms with Crippen molar-refractivity contribution in [2.24, 2.45) is 0 Å². The van der Waals surface area contributed by atoms with E-state index in [-0.39, 0.29) is 0 Å². The maximum Gasteiger partial charge on any atom is 0.205 e. The molecule has 0 atom stereocenters. The van der Waals surface area contributed by atoms with E-state index in [9.17, 15) is 0 Å². The Morgan fingerprint density at radius 3 is 3.00 bits per heavy atom. The van der Waals surface area contributed by atoms with Gasteiger partial charge in [-0.2, -0.15) is 0 Å². The number of anilines is 1. The predicted octanol–water partition coefficient (Wildman–Crippen LogP) is 3.71. The third kappa shape index (κ3) is 2.72. The lowest BCUT2D eigenvalue weighted by Crippen LogP contribution is -1.84. The third-order valence-electron chi connectivity index (χ3n) is 2.86. The van der Waals surface area contributed by atoms with Crippen LogP contribution in [0.25, 0.3) is 11.1 Å². The summed E-state index contributed by atoms with van der Waals surface area (Å²) in [6, 6.07) is 13.4. The summed E-state index contributed by atoms with van der Waals surface area (Å²) in [5.74, 6) is 2.21. The van der Waals surface area contributed by atoms with E-state index in [1.807, 2.05) is 42.5 Å². The van der Waals surface area contributed by atoms with Crippen LogP contribution in [0.4, 0.5) is 5.69 Å². The lowest BCUT2D eigenvalue weighted by molar-refractivity contribution is 0.413. The van der Waals surface area contributed by atoms with Gasteiger partial charge in [-0.1, -0.05) is 6.07 Å². The maximum atomic E-state index is 5.73. The fourth-order valence-corrected chi connectivity index (χ4v) is 2.68. The van der Waals surface area contributed by atoms with E-state index >= 15 is 0 Å². The van der Waals surface area contributed by atoms with Gasteiger partial charge < -0.3 is 14.9 Å². The number of hydrogen-bond donors (Lipinski definition) is 1. The van der Waals surface area contributed by atoms with E-state index in [1.165, 1.54) is 0 Å². The fraction of sp³-hybridized carbons (Fsp3) is 0.133. The predicted molar refractivity (Wildman–Crippen MR) is 81.0 cm³/mol. The molecular formula is C15H14N2O2S. The van der Waals surface area contributed by atoms with E-state index < -0.39 is 0 Å². The van der Waals surface area contributed by atoms with E-state index in [0.717, 1.165) is 21.7 Å². The van der Waals surface area contributed by atoms with Crippen molar-refractivity contribution in [2.45, 2.75) is 10.6 Å². The van der Waals surface area contributed by atoms with E-state index in [1.54, 1.807) is 18.9 Å². The Labute approximate surface area is 120 Å². The van der Waals surface area contributed by atoms with Crippen molar-refractivity contribution in [3.8, 4) is 5.75 Å². The van der Waals surface area contributed by atoms with Crippen LogP contribution in [0.3, 0.4) is 0 Å². The molecule has 0 unspecified atom stereocenters. The molecule has 2 N–H and O–H groups in total. The van der Waals surface area contributed by atoms with Gasteiger partial charge in [0, 0.05) is 10.6 Å². The molecule has 1 heterocycles. The number of benzene rings is 2. The molecule has 4 nitrogen and oxygen atoms in total. The summed E-state index contributed by atoms with van der Waals surface area (Å²) >= 11 is 1.65. The van der Waals surface area contributed by atoms with Crippen LogP contribution in [0.15, 0.2) is 51.8 Å². The first-order valence-electron chi connectivity index (χ1n) is 6.16. The molecule has 0 aliphatic rings. The minimum atomic E-state index is 0.668. The van der Waals surface area contributed by atoms with Crippen LogP contribution in [0, 0.1) is 0 Å². The molecular weight excluding hydrogens is 272 g/mol. The summed E-state index contributed by atoms with van der Waals surface area (Å²) in [5.41, 5.74) is 7.98. The highest BCUT2D eigenvalue weighted by molar-refractivity contribution is 7.98. The average molecular weight is 286 g/mol. The highest BCUT2D eigenvalue weighted by atomic mass is 32.2. The van der Waals surface area contributed by atoms with Gasteiger partial charge in [-0.15, -0.1) is 11.8 Å². The first-order chi connectivity index (χ1) is 9.74. The van der Waals surface area contributed by atoms with Gasteiger partial charge in [0.1, 0.15) is 11.3 Å². The zero-order chi connectivity index (χ0) is 13.9. The minimum Gasteiger partial charge on any atom is -0.497 e. The SMILES string of the molecule is COc1cccc(SCc2nc3cc(N)ccc3o2)c1. The molecule has 0 bridgehead atoms. The molecule has 3 rings (SSSR count). The highest BCUT2D eigenvalue weighted by Gasteiger charge is 2.07. The maximum absolute atomic E-state index is 5.73. The van der Waals surface area contributed by atoms with Crippen LogP contribution in [0.1, 0.15) is 5.89 Å². The monoisotopic (exact) mass is 286 g/mol. The van der Waals surface area contributed by atoms with Crippen LogP contribution >= 0.6 is 11.8 Å². The number of thioether (sulfide) groups is 1. The second-order valence-corrected chi connectivity index (χ2v) is 5.35. The Morgan fingerprint density at radius 2 is 2.15 bits per heavy atom. The van der Waals surface area contributed by atoms with Crippen molar-refractivity contribution >= 4 is 28.5 Å². The summed E-state index contributed by atoms with van der Waals surface area (Å²) in [6.07, 6.45) is 0. The van der Waals surface area contributed by atoms with Crippen molar-refractivity contribution in [2.75, 3.05) is 12.8 Å². The van der Waals surface area contributed by atoms with Crippen molar-refractivity contribution in [3.63, 3.8) is 0 Å². The largest absolute Gasteiger partial charge is 0.497 e. The molecule has 0 saturated heterocycles. The Hall–Kier alpha value is -2.14. The number of aromatic nitrogens is 1. The normalized spacial score (nSPS) is 10.8. The number of nitrogens with zero attached hydrogens (tertiary/aromatic N) is 1. The standard InChI is InChI=1S/C15H14N2O2S/c1-18-11-3-2-4-12(8-11)20-9-15-17-13-7-10(16)5-6-14(13)19-15/h2-8H,9,16H2,1H3. The molecule has 0 aliphatic heterocycles. The van der Waals surface area contributed by atoms with Crippen molar-refractivity contribution in [1.29, 1.82) is 0 Å². The van der Waals surface area contributed by atoms with Crippen LogP contribution in [0.5, 0.6) is 5.75 Å². The van der Waals surface area contributed by atoms with E-state index in [2.05, 4.69) is 4.98 Å². The molecule has 0 fully saturated rings. The summed E-state index contributed by atoms with van der Waals surface area (Å²) in [4.78, 5) is 5.55. The number of nitrogens with two attached hydrogens (primary N) is 1. The number of methoxy groups -OCH3 is 1. The van der Waals surface area contributed by atoms with Gasteiger partial charge in [-0.3, -0.25) is 0 Å². The first-order valence-corrected chi connectivity index (χ1v) is 7.15. The Balaban J connectivity index is 1.76.